The summed E-state index contributed by atoms with van der Waals surface area (Å²) in [6, 6.07) is 3.68. The fourth-order valence-electron chi connectivity index (χ4n) is 3.07. The molecule has 1 unspecified atom stereocenters. The molecule has 2 aliphatic rings. The average Bonchev–Trinajstić information content (AvgIpc) is 3.48. The quantitative estimate of drug-likeness (QED) is 0.918. The molecule has 24 heavy (non-hydrogen) atoms. The molecule has 1 N–H and O–H groups in total. The van der Waals surface area contributed by atoms with Gasteiger partial charge in [-0.15, -0.1) is 0 Å². The number of aromatic nitrogens is 4. The number of amides is 1. The van der Waals surface area contributed by atoms with Crippen molar-refractivity contribution in [3.05, 3.63) is 42.4 Å². The van der Waals surface area contributed by atoms with Crippen molar-refractivity contribution in [2.24, 2.45) is 0 Å². The van der Waals surface area contributed by atoms with Crippen molar-refractivity contribution in [2.75, 3.05) is 18.0 Å². The first kappa shape index (κ1) is 15.0. The van der Waals surface area contributed by atoms with Gasteiger partial charge in [-0.25, -0.2) is 19.9 Å². The van der Waals surface area contributed by atoms with Crippen LogP contribution in [0, 0.1) is 0 Å². The monoisotopic (exact) mass is 324 g/mol. The fraction of sp³-hybridized carbons (Fsp3) is 0.471. The van der Waals surface area contributed by atoms with Gasteiger partial charge in [-0.1, -0.05) is 0 Å². The lowest BCUT2D eigenvalue weighted by molar-refractivity contribution is 0.0928. The molecule has 1 aliphatic heterocycles. The lowest BCUT2D eigenvalue weighted by Gasteiger charge is -2.34. The Morgan fingerprint density at radius 2 is 2.08 bits per heavy atom. The third-order valence-electron chi connectivity index (χ3n) is 4.50. The molecule has 7 nitrogen and oxygen atoms in total. The summed E-state index contributed by atoms with van der Waals surface area (Å²) in [5.41, 5.74) is 0.403. The molecule has 2 aromatic rings. The molecule has 7 heteroatoms. The second-order valence-electron chi connectivity index (χ2n) is 6.40. The van der Waals surface area contributed by atoms with Crippen molar-refractivity contribution >= 4 is 11.7 Å². The molecular formula is C17H20N6O. The first-order valence-electron chi connectivity index (χ1n) is 8.44. The van der Waals surface area contributed by atoms with Gasteiger partial charge in [0.25, 0.3) is 5.91 Å². The summed E-state index contributed by atoms with van der Waals surface area (Å²) in [6.45, 7) is 1.72. The van der Waals surface area contributed by atoms with E-state index in [2.05, 4.69) is 25.2 Å². The van der Waals surface area contributed by atoms with Crippen molar-refractivity contribution in [3.63, 3.8) is 0 Å². The fourth-order valence-corrected chi connectivity index (χ4v) is 3.07. The highest BCUT2D eigenvalue weighted by molar-refractivity contribution is 5.92. The van der Waals surface area contributed by atoms with E-state index in [0.717, 1.165) is 37.6 Å². The van der Waals surface area contributed by atoms with Gasteiger partial charge < -0.3 is 10.2 Å². The van der Waals surface area contributed by atoms with Crippen molar-refractivity contribution < 1.29 is 4.79 Å². The van der Waals surface area contributed by atoms with Gasteiger partial charge in [0, 0.05) is 37.4 Å². The summed E-state index contributed by atoms with van der Waals surface area (Å²) in [7, 11) is 0. The zero-order valence-corrected chi connectivity index (χ0v) is 13.4. The first-order chi connectivity index (χ1) is 11.8. The third-order valence-corrected chi connectivity index (χ3v) is 4.50. The number of rotatable bonds is 4. The molecule has 0 radical (unpaired) electrons. The minimum atomic E-state index is -0.148. The molecule has 4 rings (SSSR count). The number of hydrogen-bond acceptors (Lipinski definition) is 6. The van der Waals surface area contributed by atoms with Crippen LogP contribution in [0.4, 0.5) is 5.82 Å². The predicted molar refractivity (Wildman–Crippen MR) is 88.7 cm³/mol. The van der Waals surface area contributed by atoms with E-state index < -0.39 is 0 Å². The predicted octanol–water partition coefficient (Wildman–Crippen LogP) is 1.54. The summed E-state index contributed by atoms with van der Waals surface area (Å²) < 4.78 is 0. The zero-order valence-electron chi connectivity index (χ0n) is 13.4. The Kier molecular flexibility index (Phi) is 4.06. The summed E-state index contributed by atoms with van der Waals surface area (Å²) >= 11 is 0. The van der Waals surface area contributed by atoms with Crippen LogP contribution in [-0.2, 0) is 0 Å². The molecule has 1 atom stereocenters. The minimum absolute atomic E-state index is 0.0977. The Bertz CT molecular complexity index is 718. The molecule has 1 saturated heterocycles. The molecule has 0 bridgehead atoms. The second-order valence-corrected chi connectivity index (χ2v) is 6.40. The number of hydrogen-bond donors (Lipinski definition) is 1. The van der Waals surface area contributed by atoms with Crippen molar-refractivity contribution in [1.29, 1.82) is 0 Å². The highest BCUT2D eigenvalue weighted by Crippen LogP contribution is 2.38. The maximum Gasteiger partial charge on any atom is 0.270 e. The number of anilines is 1. The topological polar surface area (TPSA) is 83.9 Å². The van der Waals surface area contributed by atoms with Gasteiger partial charge in [0.2, 0.25) is 0 Å². The number of nitrogens with zero attached hydrogens (tertiary/aromatic N) is 5. The van der Waals surface area contributed by atoms with Crippen LogP contribution in [0.3, 0.4) is 0 Å². The van der Waals surface area contributed by atoms with Crippen LogP contribution in [0.15, 0.2) is 30.9 Å². The van der Waals surface area contributed by atoms with Gasteiger partial charge in [-0.05, 0) is 37.8 Å². The molecule has 2 aromatic heterocycles. The van der Waals surface area contributed by atoms with E-state index in [0.29, 0.717) is 11.6 Å². The summed E-state index contributed by atoms with van der Waals surface area (Å²) in [5.74, 6) is 2.32. The van der Waals surface area contributed by atoms with Crippen molar-refractivity contribution in [3.8, 4) is 0 Å². The number of nitrogens with one attached hydrogen (secondary N) is 1. The van der Waals surface area contributed by atoms with E-state index in [1.165, 1.54) is 19.2 Å². The Hall–Kier alpha value is -2.57. The Morgan fingerprint density at radius 3 is 2.88 bits per heavy atom. The van der Waals surface area contributed by atoms with Gasteiger partial charge >= 0.3 is 0 Å². The van der Waals surface area contributed by atoms with Gasteiger partial charge in [-0.2, -0.15) is 0 Å². The van der Waals surface area contributed by atoms with Crippen LogP contribution in [0.1, 0.15) is 47.9 Å². The summed E-state index contributed by atoms with van der Waals surface area (Å²) in [4.78, 5) is 31.4. The molecule has 0 spiro atoms. The summed E-state index contributed by atoms with van der Waals surface area (Å²) in [6.07, 6.45) is 9.20. The van der Waals surface area contributed by atoms with Gasteiger partial charge in [0.05, 0.1) is 0 Å². The Morgan fingerprint density at radius 1 is 1.17 bits per heavy atom. The van der Waals surface area contributed by atoms with Gasteiger partial charge in [0.15, 0.2) is 0 Å². The van der Waals surface area contributed by atoms with E-state index in [1.807, 2.05) is 12.3 Å². The minimum Gasteiger partial charge on any atom is -0.354 e. The maximum atomic E-state index is 12.3. The number of carbonyl (C=O) groups excluding carboxylic acids is 1. The van der Waals surface area contributed by atoms with E-state index in [1.54, 1.807) is 12.3 Å². The highest BCUT2D eigenvalue weighted by Gasteiger charge is 2.28. The van der Waals surface area contributed by atoms with E-state index >= 15 is 0 Å². The standard InChI is InChI=1S/C17H20N6O/c24-17(14-5-7-18-11-20-14)21-13-2-1-9-23(10-13)15-6-8-19-16(22-15)12-3-4-12/h5-8,11-13H,1-4,9-10H2,(H,21,24). The van der Waals surface area contributed by atoms with E-state index in [4.69, 9.17) is 4.98 Å². The van der Waals surface area contributed by atoms with Crippen molar-refractivity contribution in [1.82, 2.24) is 25.3 Å². The molecule has 124 valence electrons. The van der Waals surface area contributed by atoms with E-state index in [-0.39, 0.29) is 11.9 Å². The Labute approximate surface area is 140 Å². The lowest BCUT2D eigenvalue weighted by atomic mass is 10.1. The SMILES string of the molecule is O=C(NC1CCCN(c2ccnc(C3CC3)n2)C1)c1ccncn1. The van der Waals surface area contributed by atoms with E-state index in [9.17, 15) is 4.79 Å². The first-order valence-corrected chi connectivity index (χ1v) is 8.44. The van der Waals surface area contributed by atoms with Crippen LogP contribution in [0.2, 0.25) is 0 Å². The largest absolute Gasteiger partial charge is 0.354 e. The summed E-state index contributed by atoms with van der Waals surface area (Å²) in [5, 5.41) is 3.07. The zero-order chi connectivity index (χ0) is 16.4. The van der Waals surface area contributed by atoms with Crippen molar-refractivity contribution in [2.45, 2.75) is 37.6 Å². The van der Waals surface area contributed by atoms with Crippen LogP contribution in [0.5, 0.6) is 0 Å². The van der Waals surface area contributed by atoms with Gasteiger partial charge in [-0.3, -0.25) is 4.79 Å². The lowest BCUT2D eigenvalue weighted by Crippen LogP contribution is -2.48. The molecule has 1 aliphatic carbocycles. The molecule has 1 amide bonds. The van der Waals surface area contributed by atoms with Crippen LogP contribution < -0.4 is 10.2 Å². The second kappa shape index (κ2) is 6.51. The highest BCUT2D eigenvalue weighted by atomic mass is 16.1. The number of carbonyl (C=O) groups is 1. The van der Waals surface area contributed by atoms with Crippen LogP contribution in [-0.4, -0.2) is 45.0 Å². The van der Waals surface area contributed by atoms with Crippen LogP contribution >= 0.6 is 0 Å². The average molecular weight is 324 g/mol. The number of piperidine rings is 1. The molecule has 1 saturated carbocycles. The Balaban J connectivity index is 1.42. The molecule has 2 fully saturated rings. The maximum absolute atomic E-state index is 12.3. The van der Waals surface area contributed by atoms with Gasteiger partial charge in [0.1, 0.15) is 23.7 Å². The molecular weight excluding hydrogens is 304 g/mol. The van der Waals surface area contributed by atoms with Crippen LogP contribution in [0.25, 0.3) is 0 Å². The smallest absolute Gasteiger partial charge is 0.270 e. The third kappa shape index (κ3) is 3.34. The molecule has 0 aromatic carbocycles. The normalized spacial score (nSPS) is 20.7. The molecule has 3 heterocycles.